The molecule has 0 fully saturated rings. The summed E-state index contributed by atoms with van der Waals surface area (Å²) in [6.45, 7) is 5.14. The molecule has 0 bridgehead atoms. The topological polar surface area (TPSA) is 44.5 Å². The number of hydrogen-bond donors (Lipinski definition) is 1. The first-order valence-electron chi connectivity index (χ1n) is 8.02. The van der Waals surface area contributed by atoms with Gasteiger partial charge in [0.1, 0.15) is 0 Å². The first kappa shape index (κ1) is 20.6. The molecule has 0 saturated carbocycles. The molecule has 0 radical (unpaired) electrons. The molecule has 0 amide bonds. The minimum absolute atomic E-state index is 0. The summed E-state index contributed by atoms with van der Waals surface area (Å²) in [7, 11) is 0. The van der Waals surface area contributed by atoms with Crippen LogP contribution in [0.5, 0.6) is 0 Å². The molecule has 2 aromatic carbocycles. The molecular formula is C20H25Br2NO2. The van der Waals surface area contributed by atoms with Crippen molar-refractivity contribution in [1.82, 2.24) is 0 Å². The fourth-order valence-electron chi connectivity index (χ4n) is 3.06. The van der Waals surface area contributed by atoms with Gasteiger partial charge in [0.2, 0.25) is 0 Å². The number of benzene rings is 2. The summed E-state index contributed by atoms with van der Waals surface area (Å²) in [5.74, 6) is 0.543. The number of ether oxygens (including phenoxy) is 2. The van der Waals surface area contributed by atoms with E-state index in [-0.39, 0.29) is 13.5 Å². The van der Waals surface area contributed by atoms with Gasteiger partial charge in [0, 0.05) is 14.9 Å². The zero-order chi connectivity index (χ0) is 17.1. The Labute approximate surface area is 167 Å². The van der Waals surface area contributed by atoms with Gasteiger partial charge in [0.15, 0.2) is 0 Å². The van der Waals surface area contributed by atoms with Gasteiger partial charge < -0.3 is 15.2 Å². The van der Waals surface area contributed by atoms with Crippen molar-refractivity contribution in [3.63, 3.8) is 0 Å². The van der Waals surface area contributed by atoms with Crippen LogP contribution in [-0.2, 0) is 22.7 Å². The summed E-state index contributed by atoms with van der Waals surface area (Å²) in [5, 5.41) is 0. The average molecular weight is 471 g/mol. The Kier molecular flexibility index (Phi) is 7.65. The zero-order valence-electron chi connectivity index (χ0n) is 13.6. The van der Waals surface area contributed by atoms with Gasteiger partial charge in [0.05, 0.1) is 32.5 Å². The van der Waals surface area contributed by atoms with Crippen molar-refractivity contribution < 1.29 is 9.47 Å². The Bertz CT molecular complexity index is 659. The molecule has 2 aliphatic rings. The molecule has 3 nitrogen and oxygen atoms in total. The quantitative estimate of drug-likeness (QED) is 0.537. The van der Waals surface area contributed by atoms with E-state index in [9.17, 15) is 0 Å². The van der Waals surface area contributed by atoms with Crippen LogP contribution in [0, 0.1) is 0 Å². The van der Waals surface area contributed by atoms with E-state index in [1.54, 1.807) is 0 Å². The predicted molar refractivity (Wildman–Crippen MR) is 110 cm³/mol. The SMILES string of the molecule is C.CC1COCc2cc(Br)ccc21.NC1COCc2cc(Br)ccc21. The van der Waals surface area contributed by atoms with Gasteiger partial charge in [0.25, 0.3) is 0 Å². The van der Waals surface area contributed by atoms with Gasteiger partial charge in [-0.1, -0.05) is 58.3 Å². The van der Waals surface area contributed by atoms with Crippen molar-refractivity contribution in [1.29, 1.82) is 0 Å². The van der Waals surface area contributed by atoms with Gasteiger partial charge in [-0.15, -0.1) is 0 Å². The van der Waals surface area contributed by atoms with Crippen molar-refractivity contribution in [2.24, 2.45) is 5.73 Å². The van der Waals surface area contributed by atoms with E-state index >= 15 is 0 Å². The van der Waals surface area contributed by atoms with E-state index in [2.05, 4.69) is 69.1 Å². The third kappa shape index (κ3) is 5.14. The molecule has 4 rings (SSSR count). The van der Waals surface area contributed by atoms with E-state index in [4.69, 9.17) is 15.2 Å². The lowest BCUT2D eigenvalue weighted by Gasteiger charge is -2.22. The number of fused-ring (bicyclic) bond motifs is 2. The van der Waals surface area contributed by atoms with Crippen LogP contribution >= 0.6 is 31.9 Å². The summed E-state index contributed by atoms with van der Waals surface area (Å²) < 4.78 is 13.0. The first-order valence-corrected chi connectivity index (χ1v) is 9.61. The highest BCUT2D eigenvalue weighted by atomic mass is 79.9. The van der Waals surface area contributed by atoms with E-state index in [1.165, 1.54) is 22.3 Å². The number of nitrogens with two attached hydrogens (primary N) is 1. The second-order valence-corrected chi connectivity index (χ2v) is 8.06. The molecular weight excluding hydrogens is 446 g/mol. The summed E-state index contributed by atoms with van der Waals surface area (Å²) in [5.41, 5.74) is 11.0. The minimum Gasteiger partial charge on any atom is -0.376 e. The Hall–Kier alpha value is -0.720. The molecule has 136 valence electrons. The molecule has 0 spiro atoms. The Balaban J connectivity index is 0.000000173. The van der Waals surface area contributed by atoms with Crippen LogP contribution in [0.2, 0.25) is 0 Å². The maximum absolute atomic E-state index is 5.86. The maximum Gasteiger partial charge on any atom is 0.0721 e. The zero-order valence-corrected chi connectivity index (χ0v) is 16.8. The van der Waals surface area contributed by atoms with Crippen LogP contribution in [0.1, 0.15) is 48.6 Å². The summed E-state index contributed by atoms with van der Waals surface area (Å²) in [6, 6.07) is 12.6. The van der Waals surface area contributed by atoms with Crippen molar-refractivity contribution >= 4 is 31.9 Å². The van der Waals surface area contributed by atoms with Crippen LogP contribution in [0.3, 0.4) is 0 Å². The number of hydrogen-bond acceptors (Lipinski definition) is 3. The van der Waals surface area contributed by atoms with Crippen LogP contribution < -0.4 is 5.73 Å². The van der Waals surface area contributed by atoms with Crippen molar-refractivity contribution in [3.8, 4) is 0 Å². The fraction of sp³-hybridized carbons (Fsp3) is 0.400. The lowest BCUT2D eigenvalue weighted by molar-refractivity contribution is 0.0923. The van der Waals surface area contributed by atoms with Gasteiger partial charge in [-0.3, -0.25) is 0 Å². The highest BCUT2D eigenvalue weighted by molar-refractivity contribution is 9.10. The first-order chi connectivity index (χ1) is 11.5. The third-order valence-electron chi connectivity index (χ3n) is 4.32. The summed E-state index contributed by atoms with van der Waals surface area (Å²) in [6.07, 6.45) is 0. The number of halogens is 2. The molecule has 2 heterocycles. The van der Waals surface area contributed by atoms with Crippen LogP contribution in [-0.4, -0.2) is 13.2 Å². The van der Waals surface area contributed by atoms with Crippen LogP contribution in [0.4, 0.5) is 0 Å². The Morgan fingerprint density at radius 1 is 0.880 bits per heavy atom. The van der Waals surface area contributed by atoms with Crippen LogP contribution in [0.15, 0.2) is 45.3 Å². The standard InChI is InChI=1S/C10H11BrO.C9H10BrNO.CH4/c1-7-5-12-6-8-4-9(11)2-3-10(7)8;10-7-1-2-8-6(3-7)4-12-5-9(8)11;/h2-4,7H,5-6H2,1H3;1-3,9H,4-5,11H2;1H4. The number of rotatable bonds is 0. The Morgan fingerprint density at radius 2 is 1.40 bits per heavy atom. The highest BCUT2D eigenvalue weighted by Crippen LogP contribution is 2.28. The lowest BCUT2D eigenvalue weighted by atomic mass is 9.95. The van der Waals surface area contributed by atoms with Crippen LogP contribution in [0.25, 0.3) is 0 Å². The summed E-state index contributed by atoms with van der Waals surface area (Å²) in [4.78, 5) is 0. The monoisotopic (exact) mass is 469 g/mol. The van der Waals surface area contributed by atoms with Gasteiger partial charge in [-0.25, -0.2) is 0 Å². The summed E-state index contributed by atoms with van der Waals surface area (Å²) >= 11 is 6.87. The Morgan fingerprint density at radius 3 is 2.04 bits per heavy atom. The molecule has 0 aromatic heterocycles. The molecule has 0 aliphatic carbocycles. The molecule has 2 atom stereocenters. The third-order valence-corrected chi connectivity index (χ3v) is 5.31. The molecule has 2 aromatic rings. The molecule has 2 aliphatic heterocycles. The second-order valence-electron chi connectivity index (χ2n) is 6.22. The van der Waals surface area contributed by atoms with Gasteiger partial charge in [-0.05, 0) is 46.5 Å². The predicted octanol–water partition coefficient (Wildman–Crippen LogP) is 5.70. The maximum atomic E-state index is 5.86. The average Bonchev–Trinajstić information content (AvgIpc) is 2.55. The smallest absolute Gasteiger partial charge is 0.0721 e. The largest absolute Gasteiger partial charge is 0.376 e. The van der Waals surface area contributed by atoms with Gasteiger partial charge in [-0.2, -0.15) is 0 Å². The van der Waals surface area contributed by atoms with Crippen molar-refractivity contribution in [2.45, 2.75) is 39.5 Å². The molecule has 5 heteroatoms. The molecule has 25 heavy (non-hydrogen) atoms. The second kappa shape index (κ2) is 9.28. The lowest BCUT2D eigenvalue weighted by Crippen LogP contribution is -2.23. The normalized spacial score (nSPS) is 21.1. The minimum atomic E-state index is 0. The van der Waals surface area contributed by atoms with E-state index < -0.39 is 0 Å². The molecule has 0 saturated heterocycles. The molecule has 2 unspecified atom stereocenters. The van der Waals surface area contributed by atoms with E-state index in [0.29, 0.717) is 19.1 Å². The van der Waals surface area contributed by atoms with Crippen molar-refractivity contribution in [3.05, 3.63) is 67.6 Å². The van der Waals surface area contributed by atoms with Crippen molar-refractivity contribution in [2.75, 3.05) is 13.2 Å². The fourth-order valence-corrected chi connectivity index (χ4v) is 3.88. The van der Waals surface area contributed by atoms with E-state index in [1.807, 2.05) is 6.07 Å². The van der Waals surface area contributed by atoms with E-state index in [0.717, 1.165) is 22.2 Å². The highest BCUT2D eigenvalue weighted by Gasteiger charge is 2.17. The van der Waals surface area contributed by atoms with Gasteiger partial charge >= 0.3 is 0 Å². The molecule has 2 N–H and O–H groups in total.